The number of nitrogen functional groups attached to an aromatic ring is 3. The van der Waals surface area contributed by atoms with Gasteiger partial charge in [-0.15, -0.1) is 0 Å². The Hall–Kier alpha value is -12.1. The number of aliphatic carboxylic acids is 6. The van der Waals surface area contributed by atoms with Crippen LogP contribution in [0.5, 0.6) is 0 Å². The van der Waals surface area contributed by atoms with Crippen molar-refractivity contribution in [3.63, 3.8) is 0 Å². The van der Waals surface area contributed by atoms with Crippen molar-refractivity contribution in [3.8, 4) is 0 Å². The van der Waals surface area contributed by atoms with E-state index < -0.39 is 108 Å². The first kappa shape index (κ1) is 76.6. The third-order valence-corrected chi connectivity index (χ3v) is 13.0. The smallest absolute Gasteiger partial charge is 0.550 e. The van der Waals surface area contributed by atoms with Gasteiger partial charge in [-0.2, -0.15) is 15.0 Å². The quantitative estimate of drug-likeness (QED) is 0.0213. The Morgan fingerprint density at radius 3 is 0.857 bits per heavy atom. The van der Waals surface area contributed by atoms with Gasteiger partial charge in [-0.1, -0.05) is 0 Å². The molecule has 507 valence electrons. The molecule has 3 atom stereocenters. The number of benzene rings is 3. The topological polar surface area (TPSA) is 648 Å². The number of aromatic nitrogens is 12. The Morgan fingerprint density at radius 1 is 0.408 bits per heavy atom. The van der Waals surface area contributed by atoms with E-state index in [1.54, 1.807) is 36.4 Å². The normalized spacial score (nSPS) is 11.4. The Kier molecular flexibility index (Phi) is 28.1. The fourth-order valence-electron chi connectivity index (χ4n) is 8.25. The third kappa shape index (κ3) is 22.8. The maximum atomic E-state index is 12.3. The minimum Gasteiger partial charge on any atom is -0.550 e. The van der Waals surface area contributed by atoms with E-state index in [2.05, 4.69) is 91.7 Å². The zero-order chi connectivity index (χ0) is 69.8. The number of carbonyl (C=O) groups is 9. The summed E-state index contributed by atoms with van der Waals surface area (Å²) < 4.78 is 0. The number of H-pyrrole nitrogens is 3. The van der Waals surface area contributed by atoms with E-state index in [-0.39, 0.29) is 154 Å². The second-order valence-electron chi connectivity index (χ2n) is 20.1. The molecule has 41 heteroatoms. The average molecular weight is 1410 g/mol. The number of carbonyl (C=O) groups excluding carboxylic acids is 6. The van der Waals surface area contributed by atoms with Crippen molar-refractivity contribution in [1.29, 1.82) is 0 Å². The first-order valence-corrected chi connectivity index (χ1v) is 27.9. The molecule has 98 heavy (non-hydrogen) atoms. The molecule has 3 amide bonds. The maximum Gasteiger partial charge on any atom is 2.00 e. The molecular formula is C57H54CuN21NaO18. The Labute approximate surface area is 580 Å². The van der Waals surface area contributed by atoms with Crippen LogP contribution in [-0.2, 0) is 65.5 Å². The van der Waals surface area contributed by atoms with Gasteiger partial charge in [-0.05, 0) is 111 Å². The van der Waals surface area contributed by atoms with Crippen molar-refractivity contribution in [3.05, 3.63) is 156 Å². The fourth-order valence-corrected chi connectivity index (χ4v) is 8.25. The van der Waals surface area contributed by atoms with Gasteiger partial charge in [-0.3, -0.25) is 43.7 Å². The van der Waals surface area contributed by atoms with Crippen LogP contribution in [0.3, 0.4) is 0 Å². The van der Waals surface area contributed by atoms with E-state index in [1.807, 2.05) is 0 Å². The van der Waals surface area contributed by atoms with Crippen LogP contribution >= 0.6 is 0 Å². The molecule has 9 rings (SSSR count). The Bertz CT molecular complexity index is 4150. The zero-order valence-corrected chi connectivity index (χ0v) is 53.7. The summed E-state index contributed by atoms with van der Waals surface area (Å²) in [6.45, 7) is 0.674. The summed E-state index contributed by atoms with van der Waals surface area (Å²) in [5.41, 5.74) is 19.3. The molecule has 0 aliphatic heterocycles. The van der Waals surface area contributed by atoms with Gasteiger partial charge in [-0.25, -0.2) is 44.3 Å². The predicted octanol–water partition coefficient (Wildman–Crippen LogP) is -7.14. The first-order valence-electron chi connectivity index (χ1n) is 27.9. The third-order valence-electron chi connectivity index (χ3n) is 13.0. The second-order valence-corrected chi connectivity index (χ2v) is 20.1. The molecule has 6 aromatic heterocycles. The number of hydrogen-bond acceptors (Lipinski definition) is 30. The van der Waals surface area contributed by atoms with Crippen LogP contribution in [-0.4, -0.2) is 147 Å². The predicted molar refractivity (Wildman–Crippen MR) is 328 cm³/mol. The van der Waals surface area contributed by atoms with Gasteiger partial charge in [0.1, 0.15) is 18.1 Å². The minimum absolute atomic E-state index is 0. The van der Waals surface area contributed by atoms with Crippen LogP contribution in [0.25, 0.3) is 33.5 Å². The number of rotatable bonds is 27. The number of nitrogens with one attached hydrogen (secondary N) is 9. The Morgan fingerprint density at radius 2 is 0.643 bits per heavy atom. The molecule has 0 saturated heterocycles. The summed E-state index contributed by atoms with van der Waals surface area (Å²) in [6.07, 6.45) is 1.99. The molecule has 0 bridgehead atoms. The van der Waals surface area contributed by atoms with Crippen LogP contribution in [0.15, 0.2) is 106 Å². The largest absolute Gasteiger partial charge is 2.00 e. The molecule has 9 aromatic rings. The molecule has 1 radical (unpaired) electrons. The van der Waals surface area contributed by atoms with Crippen molar-refractivity contribution in [1.82, 2.24) is 75.8 Å². The molecule has 0 fully saturated rings. The summed E-state index contributed by atoms with van der Waals surface area (Å²) in [5.74, 6) is -10.4. The number of nitrogens with zero attached hydrogens (tertiary/aromatic N) is 9. The van der Waals surface area contributed by atoms with E-state index >= 15 is 0 Å². The van der Waals surface area contributed by atoms with Crippen LogP contribution in [0, 0.1) is 0 Å². The molecule has 0 saturated carbocycles. The van der Waals surface area contributed by atoms with Gasteiger partial charge in [0.15, 0.2) is 33.5 Å². The zero-order valence-electron chi connectivity index (χ0n) is 50.8. The van der Waals surface area contributed by atoms with Gasteiger partial charge in [0.2, 0.25) is 17.8 Å². The first-order chi connectivity index (χ1) is 45.7. The van der Waals surface area contributed by atoms with Gasteiger partial charge in [0.05, 0.1) is 55.3 Å². The molecule has 0 spiro atoms. The molecule has 0 aliphatic carbocycles. The van der Waals surface area contributed by atoms with Crippen LogP contribution < -0.4 is 111 Å². The number of amides is 3. The molecule has 39 nitrogen and oxygen atoms in total. The van der Waals surface area contributed by atoms with E-state index in [4.69, 9.17) is 32.5 Å². The van der Waals surface area contributed by atoms with Crippen LogP contribution in [0.4, 0.5) is 34.9 Å². The van der Waals surface area contributed by atoms with E-state index in [9.17, 15) is 72.9 Å². The van der Waals surface area contributed by atoms with Gasteiger partial charge in [0, 0.05) is 51.7 Å². The summed E-state index contributed by atoms with van der Waals surface area (Å²) in [6, 6.07) is 14.3. The van der Waals surface area contributed by atoms with Gasteiger partial charge in [0.25, 0.3) is 34.4 Å². The molecule has 18 N–H and O–H groups in total. The molecular weight excluding hydrogens is 1350 g/mol. The summed E-state index contributed by atoms with van der Waals surface area (Å²) in [7, 11) is 0. The van der Waals surface area contributed by atoms with E-state index in [1.165, 1.54) is 55.0 Å². The van der Waals surface area contributed by atoms with Crippen molar-refractivity contribution < 1.29 is 120 Å². The average Bonchev–Trinajstić information content (AvgIpc) is 0.829. The number of fused-ring (bicyclic) bond motifs is 3. The standard InChI is InChI=1S/3C19H19N7O6.Cu.Na/c3*20-19-25-15-14(17(30)26-19)23-11(8-22-15)7-21-10-3-1-9(2-4-10)16(29)24-12(18(31)32)5-6-13(27)28;;/h3*1-4,8,12,21H,5-7H2,(H,24,29)(H,27,28)(H,31,32)(H3,20,22,25,26,30);;/q;;;+2;+1/p-3/t3*12-;;/m000../s1. The van der Waals surface area contributed by atoms with Gasteiger partial charge >= 0.3 is 64.5 Å². The SMILES string of the molecule is Nc1nc2ncc(CNc3ccc(C(=O)N[C@@H](CCC(=O)[O-])C(=O)O)cc3)nc2c(=O)[nH]1.Nc1nc2ncc(CNc3ccc(C(=O)N[C@@H](CCC(=O)[O-])C(=O)O)cc3)nc2c(=O)[nH]1.Nc1nc2ncc(CNc3ccc(C(=O)N[C@@H](CCC(=O)[O-])C(=O)O)cc3)nc2c(=O)[nH]1.[Cu+2].[Na+]. The van der Waals surface area contributed by atoms with Crippen molar-refractivity contribution >= 4 is 122 Å². The van der Waals surface area contributed by atoms with E-state index in [0.717, 1.165) is 0 Å². The van der Waals surface area contributed by atoms with Crippen molar-refractivity contribution in [2.24, 2.45) is 0 Å². The molecule has 0 unspecified atom stereocenters. The number of hydrogen-bond donors (Lipinski definition) is 15. The summed E-state index contributed by atoms with van der Waals surface area (Å²) in [4.78, 5) is 181. The summed E-state index contributed by atoms with van der Waals surface area (Å²) in [5, 5.41) is 74.9. The Balaban J connectivity index is 0.000000263. The molecule has 0 aliphatic rings. The summed E-state index contributed by atoms with van der Waals surface area (Å²) >= 11 is 0. The maximum absolute atomic E-state index is 12.3. The van der Waals surface area contributed by atoms with Crippen molar-refractivity contribution in [2.75, 3.05) is 33.2 Å². The number of anilines is 6. The van der Waals surface area contributed by atoms with Crippen molar-refractivity contribution in [2.45, 2.75) is 76.3 Å². The number of nitrogens with two attached hydrogens (primary N) is 3. The molecule has 3 aromatic carbocycles. The second kappa shape index (κ2) is 35.9. The number of aromatic amines is 3. The van der Waals surface area contributed by atoms with Gasteiger partial charge < -0.3 is 94.1 Å². The molecule has 6 heterocycles. The minimum atomic E-state index is -1.40. The van der Waals surface area contributed by atoms with Crippen LogP contribution in [0.1, 0.15) is 86.7 Å². The number of carboxylic acids is 6. The fraction of sp³-hybridized carbons (Fsp3) is 0.211. The number of carboxylic acid groups (broad SMARTS) is 6. The van der Waals surface area contributed by atoms with Crippen LogP contribution in [0.2, 0.25) is 0 Å². The van der Waals surface area contributed by atoms with E-state index in [0.29, 0.717) is 34.1 Å². The monoisotopic (exact) mass is 1410 g/mol.